The van der Waals surface area contributed by atoms with Crippen LogP contribution in [0.4, 0.5) is 0 Å². The molecule has 556 valence electrons. The smallest absolute Gasteiger partial charge is 0.126 e. The summed E-state index contributed by atoms with van der Waals surface area (Å²) in [6, 6.07) is 80.5. The van der Waals surface area contributed by atoms with Crippen molar-refractivity contribution in [2.75, 3.05) is 0 Å². The molecule has 0 fully saturated rings. The number of aryl methyl sites for hydroxylation is 14. The Morgan fingerprint density at radius 1 is 0.212 bits per heavy atom. The van der Waals surface area contributed by atoms with Gasteiger partial charge in [-0.05, 0) is 182 Å². The molecule has 0 aliphatic rings. The van der Waals surface area contributed by atoms with Gasteiger partial charge in [-0.25, -0.2) is 9.97 Å². The minimum atomic E-state index is 0.839. The van der Waals surface area contributed by atoms with Crippen LogP contribution in [-0.2, 0) is 14.1 Å². The van der Waals surface area contributed by atoms with E-state index in [2.05, 4.69) is 287 Å². The molecule has 0 saturated carbocycles. The van der Waals surface area contributed by atoms with Gasteiger partial charge in [-0.3, -0.25) is 9.97 Å². The van der Waals surface area contributed by atoms with Crippen LogP contribution >= 0.6 is 0 Å². The van der Waals surface area contributed by atoms with Gasteiger partial charge in [0.25, 0.3) is 0 Å². The summed E-state index contributed by atoms with van der Waals surface area (Å²) < 4.78 is 4.52. The van der Waals surface area contributed by atoms with Crippen molar-refractivity contribution >= 4 is 87.0 Å². The molecule has 10 aromatic carbocycles. The predicted octanol–water partition coefficient (Wildman–Crippen LogP) is 30.2. The molecule has 0 atom stereocenters. The van der Waals surface area contributed by atoms with Gasteiger partial charge in [-0.2, -0.15) is 0 Å². The topological polar surface area (TPSA) is 61.4 Å². The lowest BCUT2D eigenvalue weighted by Crippen LogP contribution is -1.92. The van der Waals surface area contributed by atoms with Crippen molar-refractivity contribution < 1.29 is 0 Å². The third-order valence-electron chi connectivity index (χ3n) is 15.8. The highest BCUT2D eigenvalue weighted by Crippen LogP contribution is 2.30. The van der Waals surface area contributed by atoms with E-state index in [0.29, 0.717) is 0 Å². The molecule has 0 saturated heterocycles. The van der Waals surface area contributed by atoms with Gasteiger partial charge in [-0.15, -0.1) is 0 Å². The van der Waals surface area contributed by atoms with E-state index in [1.165, 1.54) is 109 Å². The Labute approximate surface area is 632 Å². The quantitative estimate of drug-likeness (QED) is 0.152. The number of hydrogen-bond acceptors (Lipinski definition) is 4. The second-order valence-corrected chi connectivity index (χ2v) is 22.6. The maximum absolute atomic E-state index is 4.44. The molecule has 0 N–H and O–H groups in total. The van der Waals surface area contributed by atoms with Crippen LogP contribution in [0, 0.1) is 83.1 Å². The van der Waals surface area contributed by atoms with Gasteiger partial charge in [0, 0.05) is 96.6 Å². The summed E-state index contributed by atoms with van der Waals surface area (Å²) in [6.45, 7) is 61.0. The SMILES string of the molecule is CC.CC.CC.CC.CC.CC.CC.CC.CC.Cc1cc(C)c2ccccc2c1.Cc1cc(C)c2ccccc2n1.Cc1cc2ccccc2c(C)n1.Cc1ccc2c(c1)c1ccccc1n2C.Cc1ccc2c3ccccc3n(C)c2c1.Cc1ccccc1C.Cc1nc(C)c2ccccc2n1. The lowest BCUT2D eigenvalue weighted by atomic mass is 10.0. The predicted molar refractivity (Wildman–Crippen MR) is 473 cm³/mol. The van der Waals surface area contributed by atoms with Gasteiger partial charge in [-0.1, -0.05) is 312 Å². The number of rotatable bonds is 0. The molecule has 104 heavy (non-hydrogen) atoms. The van der Waals surface area contributed by atoms with Crippen LogP contribution in [0.3, 0.4) is 0 Å². The number of pyridine rings is 2. The van der Waals surface area contributed by atoms with E-state index in [1.807, 2.05) is 195 Å². The normalized spacial score (nSPS) is 9.35. The van der Waals surface area contributed by atoms with Crippen molar-refractivity contribution in [1.82, 2.24) is 29.1 Å². The summed E-state index contributed by atoms with van der Waals surface area (Å²) in [5, 5.41) is 13.0. The standard InChI is InChI=1S/2C14H13N.C12H12.2C11H11N.C10H10N2.C8H10.9C2H6/c1-10-7-8-14-12(9-10)11-5-3-4-6-13(11)15(14)2;1-10-7-8-12-11-5-3-4-6-13(11)15(2)14(12)9-10;1-9-7-10(2)12-6-4-3-5-11(12)8-9;1-8-7-10-5-3-4-6-11(10)9(2)12-8;1-8-7-9(2)12-11-6-4-3-5-10(8)11;1-7-9-5-3-4-6-10(9)12-8(2)11-7;1-7-5-3-4-6-8(7)2;9*1-2/h2*3-9H,1-2H3;3-8H,1-2H3;2*3-7H,1-2H3;3-6H,1-2H3;3-6H,1-2H3;9*1-2H3. The van der Waals surface area contributed by atoms with Gasteiger partial charge in [0.15, 0.2) is 0 Å². The fraction of sp³-hybridized carbons (Fsp3) is 0.327. The molecule has 6 heteroatoms. The van der Waals surface area contributed by atoms with Crippen molar-refractivity contribution in [3.05, 3.63) is 298 Å². The summed E-state index contributed by atoms with van der Waals surface area (Å²) in [6.07, 6.45) is 0. The maximum atomic E-state index is 4.44. The maximum Gasteiger partial charge on any atom is 0.126 e. The van der Waals surface area contributed by atoms with Crippen LogP contribution in [0.15, 0.2) is 231 Å². The molecule has 15 rings (SSSR count). The minimum absolute atomic E-state index is 0.839. The van der Waals surface area contributed by atoms with Gasteiger partial charge in [0.2, 0.25) is 0 Å². The molecule has 5 aromatic heterocycles. The highest BCUT2D eigenvalue weighted by molar-refractivity contribution is 6.09. The number of fused-ring (bicyclic) bond motifs is 10. The molecule has 0 amide bonds. The number of hydrogen-bond donors (Lipinski definition) is 0. The van der Waals surface area contributed by atoms with Gasteiger partial charge in [0.1, 0.15) is 5.82 Å². The first kappa shape index (κ1) is 94.2. The molecule has 5 heterocycles. The molecule has 0 spiro atoms. The molecular formula is C98H134N6. The van der Waals surface area contributed by atoms with E-state index in [-0.39, 0.29) is 0 Å². The van der Waals surface area contributed by atoms with Crippen LogP contribution in [0.5, 0.6) is 0 Å². The fourth-order valence-corrected chi connectivity index (χ4v) is 11.3. The Morgan fingerprint density at radius 2 is 0.567 bits per heavy atom. The molecule has 0 bridgehead atoms. The molecule has 6 nitrogen and oxygen atoms in total. The monoisotopic (exact) mass is 1400 g/mol. The van der Waals surface area contributed by atoms with Crippen LogP contribution in [0.25, 0.3) is 87.0 Å². The van der Waals surface area contributed by atoms with Crippen LogP contribution in [0.2, 0.25) is 0 Å². The largest absolute Gasteiger partial charge is 0.344 e. The Morgan fingerprint density at radius 3 is 1.10 bits per heavy atom. The first-order valence-electron chi connectivity index (χ1n) is 38.7. The Kier molecular flexibility index (Phi) is 48.1. The van der Waals surface area contributed by atoms with Crippen LogP contribution in [0.1, 0.15) is 192 Å². The average Bonchev–Trinajstić information content (AvgIpc) is 1.62. The fourth-order valence-electron chi connectivity index (χ4n) is 11.3. The first-order valence-corrected chi connectivity index (χ1v) is 38.7. The lowest BCUT2D eigenvalue weighted by Gasteiger charge is -2.02. The summed E-state index contributed by atoms with van der Waals surface area (Å²) in [4.78, 5) is 17.5. The van der Waals surface area contributed by atoms with Gasteiger partial charge < -0.3 is 9.13 Å². The van der Waals surface area contributed by atoms with Crippen LogP contribution < -0.4 is 0 Å². The molecule has 0 aliphatic carbocycles. The third kappa shape index (κ3) is 28.1. The summed E-state index contributed by atoms with van der Waals surface area (Å²) >= 11 is 0. The van der Waals surface area contributed by atoms with E-state index in [9.17, 15) is 0 Å². The number of aromatic nitrogens is 6. The Bertz CT molecular complexity index is 4470. The van der Waals surface area contributed by atoms with E-state index < -0.39 is 0 Å². The second kappa shape index (κ2) is 53.1. The number of benzene rings is 10. The molecular weight excluding hydrogens is 1260 g/mol. The van der Waals surface area contributed by atoms with Crippen LogP contribution in [-0.4, -0.2) is 29.1 Å². The molecule has 0 radical (unpaired) electrons. The zero-order chi connectivity index (χ0) is 79.0. The summed E-state index contributed by atoms with van der Waals surface area (Å²) in [5.74, 6) is 0.839. The van der Waals surface area contributed by atoms with Crippen molar-refractivity contribution in [2.24, 2.45) is 14.1 Å². The zero-order valence-electron chi connectivity index (χ0n) is 70.6. The van der Waals surface area contributed by atoms with E-state index in [4.69, 9.17) is 0 Å². The summed E-state index contributed by atoms with van der Waals surface area (Å²) in [7, 11) is 4.25. The highest BCUT2D eigenvalue weighted by Gasteiger charge is 2.09. The highest BCUT2D eigenvalue weighted by atomic mass is 14.9. The van der Waals surface area contributed by atoms with Crippen molar-refractivity contribution in [2.45, 2.75) is 208 Å². The average molecular weight is 1400 g/mol. The zero-order valence-corrected chi connectivity index (χ0v) is 70.6. The Hall–Kier alpha value is -9.78. The molecule has 15 aromatic rings. The first-order chi connectivity index (χ1) is 50.4. The molecule has 0 unspecified atom stereocenters. The van der Waals surface area contributed by atoms with Gasteiger partial charge in [0.05, 0.1) is 11.0 Å². The third-order valence-corrected chi connectivity index (χ3v) is 15.8. The summed E-state index contributed by atoms with van der Waals surface area (Å²) in [5.41, 5.74) is 21.1. The number of para-hydroxylation sites is 4. The number of nitrogens with zero attached hydrogens (tertiary/aromatic N) is 6. The van der Waals surface area contributed by atoms with Crippen molar-refractivity contribution in [1.29, 1.82) is 0 Å². The minimum Gasteiger partial charge on any atom is -0.344 e. The van der Waals surface area contributed by atoms with E-state index in [0.717, 1.165) is 45.0 Å². The lowest BCUT2D eigenvalue weighted by molar-refractivity contribution is 1.01. The van der Waals surface area contributed by atoms with Crippen molar-refractivity contribution in [3.63, 3.8) is 0 Å². The second-order valence-electron chi connectivity index (χ2n) is 22.6. The van der Waals surface area contributed by atoms with Crippen molar-refractivity contribution in [3.8, 4) is 0 Å². The van der Waals surface area contributed by atoms with Gasteiger partial charge >= 0.3 is 0 Å². The Balaban J connectivity index is 0.00000115. The molecule has 0 aliphatic heterocycles. The van der Waals surface area contributed by atoms with E-state index >= 15 is 0 Å². The van der Waals surface area contributed by atoms with E-state index in [1.54, 1.807) is 0 Å².